The standard InChI is InChI=1S/C15H21N3O3/c1-3-9-16-11-5-6-13(18(20)21)12(10-11)14(19)17-15(2)7-4-8-15/h5-6,10,16H,3-4,7-9H2,1-2H3,(H,17,19). The number of nitrogens with one attached hydrogen (secondary N) is 2. The van der Waals surface area contributed by atoms with Crippen molar-refractivity contribution >= 4 is 17.3 Å². The Morgan fingerprint density at radius 1 is 1.43 bits per heavy atom. The number of carbonyl (C=O) groups excluding carboxylic acids is 1. The molecule has 0 unspecified atom stereocenters. The molecule has 6 nitrogen and oxygen atoms in total. The summed E-state index contributed by atoms with van der Waals surface area (Å²) >= 11 is 0. The molecular weight excluding hydrogens is 270 g/mol. The molecule has 1 aliphatic carbocycles. The summed E-state index contributed by atoms with van der Waals surface area (Å²) in [6, 6.07) is 4.58. The van der Waals surface area contributed by atoms with Gasteiger partial charge in [-0.1, -0.05) is 6.92 Å². The highest BCUT2D eigenvalue weighted by Crippen LogP contribution is 2.32. The maximum atomic E-state index is 12.4. The Labute approximate surface area is 124 Å². The Hall–Kier alpha value is -2.11. The predicted octanol–water partition coefficient (Wildman–Crippen LogP) is 3.09. The van der Waals surface area contributed by atoms with Crippen LogP contribution in [0.1, 0.15) is 49.9 Å². The fourth-order valence-corrected chi connectivity index (χ4v) is 2.43. The topological polar surface area (TPSA) is 84.3 Å². The third-order valence-electron chi connectivity index (χ3n) is 3.89. The lowest BCUT2D eigenvalue weighted by Crippen LogP contribution is -2.51. The van der Waals surface area contributed by atoms with Crippen LogP contribution in [0.25, 0.3) is 0 Å². The Kier molecular flexibility index (Phi) is 4.45. The number of rotatable bonds is 6. The third kappa shape index (κ3) is 3.51. The zero-order chi connectivity index (χ0) is 15.5. The van der Waals surface area contributed by atoms with Crippen molar-refractivity contribution in [2.24, 2.45) is 0 Å². The van der Waals surface area contributed by atoms with Gasteiger partial charge in [-0.05, 0) is 44.7 Å². The normalized spacial score (nSPS) is 15.9. The zero-order valence-electron chi connectivity index (χ0n) is 12.4. The Morgan fingerprint density at radius 2 is 2.14 bits per heavy atom. The first-order valence-electron chi connectivity index (χ1n) is 7.30. The quantitative estimate of drug-likeness (QED) is 0.623. The summed E-state index contributed by atoms with van der Waals surface area (Å²) < 4.78 is 0. The van der Waals surface area contributed by atoms with E-state index in [0.717, 1.165) is 37.9 Å². The van der Waals surface area contributed by atoms with E-state index < -0.39 is 4.92 Å². The van der Waals surface area contributed by atoms with Gasteiger partial charge in [0.15, 0.2) is 0 Å². The zero-order valence-corrected chi connectivity index (χ0v) is 12.4. The number of benzene rings is 1. The molecule has 0 spiro atoms. The van der Waals surface area contributed by atoms with Crippen molar-refractivity contribution in [2.45, 2.75) is 45.1 Å². The van der Waals surface area contributed by atoms with Crippen LogP contribution in [0.3, 0.4) is 0 Å². The number of nitro benzene ring substituents is 1. The van der Waals surface area contributed by atoms with Crippen LogP contribution in [0, 0.1) is 10.1 Å². The lowest BCUT2D eigenvalue weighted by atomic mass is 9.78. The second kappa shape index (κ2) is 6.11. The van der Waals surface area contributed by atoms with E-state index in [4.69, 9.17) is 0 Å². The first-order valence-corrected chi connectivity index (χ1v) is 7.30. The number of hydrogen-bond acceptors (Lipinski definition) is 4. The largest absolute Gasteiger partial charge is 0.385 e. The average Bonchev–Trinajstić information content (AvgIpc) is 2.42. The van der Waals surface area contributed by atoms with E-state index in [9.17, 15) is 14.9 Å². The molecule has 114 valence electrons. The van der Waals surface area contributed by atoms with Crippen LogP contribution in [-0.4, -0.2) is 22.9 Å². The monoisotopic (exact) mass is 291 g/mol. The van der Waals surface area contributed by atoms with E-state index in [1.54, 1.807) is 12.1 Å². The number of hydrogen-bond donors (Lipinski definition) is 2. The molecule has 0 aliphatic heterocycles. The molecule has 0 atom stereocenters. The number of amides is 1. The molecule has 0 radical (unpaired) electrons. The Balaban J connectivity index is 2.24. The third-order valence-corrected chi connectivity index (χ3v) is 3.89. The summed E-state index contributed by atoms with van der Waals surface area (Å²) in [4.78, 5) is 23.0. The summed E-state index contributed by atoms with van der Waals surface area (Å²) in [6.07, 6.45) is 3.86. The highest BCUT2D eigenvalue weighted by molar-refractivity contribution is 5.99. The van der Waals surface area contributed by atoms with Crippen LogP contribution in [0.4, 0.5) is 11.4 Å². The summed E-state index contributed by atoms with van der Waals surface area (Å²) in [5.41, 5.74) is 0.468. The highest BCUT2D eigenvalue weighted by atomic mass is 16.6. The van der Waals surface area contributed by atoms with Gasteiger partial charge in [-0.2, -0.15) is 0 Å². The van der Waals surface area contributed by atoms with Crippen molar-refractivity contribution in [3.05, 3.63) is 33.9 Å². The van der Waals surface area contributed by atoms with Gasteiger partial charge in [-0.15, -0.1) is 0 Å². The lowest BCUT2D eigenvalue weighted by molar-refractivity contribution is -0.385. The maximum Gasteiger partial charge on any atom is 0.282 e. The smallest absolute Gasteiger partial charge is 0.282 e. The minimum Gasteiger partial charge on any atom is -0.385 e. The van der Waals surface area contributed by atoms with Crippen LogP contribution in [-0.2, 0) is 0 Å². The average molecular weight is 291 g/mol. The summed E-state index contributed by atoms with van der Waals surface area (Å²) in [5.74, 6) is -0.371. The molecule has 0 saturated heterocycles. The fourth-order valence-electron chi connectivity index (χ4n) is 2.43. The van der Waals surface area contributed by atoms with Gasteiger partial charge >= 0.3 is 0 Å². The molecule has 1 aromatic rings. The summed E-state index contributed by atoms with van der Waals surface area (Å²) in [6.45, 7) is 4.76. The number of anilines is 1. The SMILES string of the molecule is CCCNc1ccc([N+](=O)[O-])c(C(=O)NC2(C)CCC2)c1. The first-order chi connectivity index (χ1) is 9.95. The van der Waals surface area contributed by atoms with Crippen LogP contribution >= 0.6 is 0 Å². The van der Waals surface area contributed by atoms with E-state index >= 15 is 0 Å². The molecule has 0 heterocycles. The molecule has 1 aliphatic rings. The first kappa shape index (κ1) is 15.3. The molecule has 1 aromatic carbocycles. The van der Waals surface area contributed by atoms with Gasteiger partial charge in [0.1, 0.15) is 5.56 Å². The molecule has 2 N–H and O–H groups in total. The highest BCUT2D eigenvalue weighted by Gasteiger charge is 2.34. The molecular formula is C15H21N3O3. The Bertz CT molecular complexity index is 553. The molecule has 21 heavy (non-hydrogen) atoms. The van der Waals surface area contributed by atoms with Gasteiger partial charge in [0.2, 0.25) is 0 Å². The van der Waals surface area contributed by atoms with E-state index in [1.807, 2.05) is 13.8 Å². The predicted molar refractivity (Wildman–Crippen MR) is 81.6 cm³/mol. The van der Waals surface area contributed by atoms with Crippen LogP contribution in [0.5, 0.6) is 0 Å². The number of nitrogens with zero attached hydrogens (tertiary/aromatic N) is 1. The van der Waals surface area contributed by atoms with E-state index in [-0.39, 0.29) is 22.7 Å². The van der Waals surface area contributed by atoms with Gasteiger partial charge in [0.25, 0.3) is 11.6 Å². The van der Waals surface area contributed by atoms with Gasteiger partial charge < -0.3 is 10.6 Å². The number of nitro groups is 1. The minimum atomic E-state index is -0.512. The second-order valence-electron chi connectivity index (χ2n) is 5.78. The lowest BCUT2D eigenvalue weighted by Gasteiger charge is -2.39. The molecule has 1 amide bonds. The molecule has 0 bridgehead atoms. The molecule has 1 saturated carbocycles. The van der Waals surface area contributed by atoms with Gasteiger partial charge in [-0.3, -0.25) is 14.9 Å². The molecule has 0 aromatic heterocycles. The van der Waals surface area contributed by atoms with E-state index in [2.05, 4.69) is 10.6 Å². The molecule has 1 fully saturated rings. The number of carbonyl (C=O) groups is 1. The van der Waals surface area contributed by atoms with Crippen molar-refractivity contribution in [1.29, 1.82) is 0 Å². The van der Waals surface area contributed by atoms with Crippen LogP contribution < -0.4 is 10.6 Å². The Morgan fingerprint density at radius 3 is 2.67 bits per heavy atom. The summed E-state index contributed by atoms with van der Waals surface area (Å²) in [7, 11) is 0. The van der Waals surface area contributed by atoms with Gasteiger partial charge in [-0.25, -0.2) is 0 Å². The van der Waals surface area contributed by atoms with Gasteiger partial charge in [0, 0.05) is 23.8 Å². The van der Waals surface area contributed by atoms with Crippen LogP contribution in [0.15, 0.2) is 18.2 Å². The maximum absolute atomic E-state index is 12.4. The van der Waals surface area contributed by atoms with Gasteiger partial charge in [0.05, 0.1) is 4.92 Å². The molecule has 6 heteroatoms. The van der Waals surface area contributed by atoms with Crippen molar-refractivity contribution in [3.8, 4) is 0 Å². The summed E-state index contributed by atoms with van der Waals surface area (Å²) in [5, 5.41) is 17.2. The van der Waals surface area contributed by atoms with Crippen molar-refractivity contribution < 1.29 is 9.72 Å². The molecule has 2 rings (SSSR count). The van der Waals surface area contributed by atoms with Crippen molar-refractivity contribution in [2.75, 3.05) is 11.9 Å². The van der Waals surface area contributed by atoms with Crippen LogP contribution in [0.2, 0.25) is 0 Å². The minimum absolute atomic E-state index is 0.120. The van der Waals surface area contributed by atoms with E-state index in [1.165, 1.54) is 6.07 Å². The van der Waals surface area contributed by atoms with Crippen molar-refractivity contribution in [3.63, 3.8) is 0 Å². The van der Waals surface area contributed by atoms with Crippen molar-refractivity contribution in [1.82, 2.24) is 5.32 Å². The second-order valence-corrected chi connectivity index (χ2v) is 5.78. The fraction of sp³-hybridized carbons (Fsp3) is 0.533. The van der Waals surface area contributed by atoms with E-state index in [0.29, 0.717) is 0 Å².